The molecule has 0 amide bonds. The van der Waals surface area contributed by atoms with Crippen molar-refractivity contribution in [1.82, 2.24) is 4.90 Å². The third-order valence-electron chi connectivity index (χ3n) is 3.28. The molecule has 1 aromatic heterocycles. The Morgan fingerprint density at radius 3 is 2.80 bits per heavy atom. The highest BCUT2D eigenvalue weighted by Gasteiger charge is 2.13. The smallest absolute Gasteiger partial charge is 0.348 e. The van der Waals surface area contributed by atoms with Gasteiger partial charge in [0, 0.05) is 25.7 Å². The molecule has 0 radical (unpaired) electrons. The van der Waals surface area contributed by atoms with E-state index in [0.717, 1.165) is 32.8 Å². The van der Waals surface area contributed by atoms with Gasteiger partial charge in [-0.15, -0.1) is 0 Å². The van der Waals surface area contributed by atoms with Crippen LogP contribution in [0.4, 0.5) is 0 Å². The van der Waals surface area contributed by atoms with Gasteiger partial charge in [-0.1, -0.05) is 0 Å². The Balaban J connectivity index is 2.01. The number of aryl methyl sites for hydroxylation is 1. The second-order valence-electron chi connectivity index (χ2n) is 4.83. The highest BCUT2D eigenvalue weighted by atomic mass is 16.5. The molecule has 0 aromatic carbocycles. The van der Waals surface area contributed by atoms with Crippen LogP contribution in [0.15, 0.2) is 20.3 Å². The number of morpholine rings is 1. The third kappa shape index (κ3) is 3.68. The van der Waals surface area contributed by atoms with E-state index in [4.69, 9.17) is 9.15 Å². The van der Waals surface area contributed by atoms with Crippen molar-refractivity contribution in [3.05, 3.63) is 27.8 Å². The molecule has 110 valence electrons. The van der Waals surface area contributed by atoms with Crippen molar-refractivity contribution < 1.29 is 14.3 Å². The van der Waals surface area contributed by atoms with E-state index >= 15 is 0 Å². The minimum Gasteiger partial charge on any atom is -0.507 e. The summed E-state index contributed by atoms with van der Waals surface area (Å²) in [7, 11) is 0. The van der Waals surface area contributed by atoms with Gasteiger partial charge in [-0.25, -0.2) is 4.79 Å². The molecule has 0 saturated carbocycles. The first-order valence-electron chi connectivity index (χ1n) is 6.73. The van der Waals surface area contributed by atoms with Gasteiger partial charge in [0.05, 0.1) is 25.5 Å². The van der Waals surface area contributed by atoms with Gasteiger partial charge in [0.1, 0.15) is 17.1 Å². The van der Waals surface area contributed by atoms with Gasteiger partial charge in [-0.2, -0.15) is 0 Å². The van der Waals surface area contributed by atoms with E-state index in [1.807, 2.05) is 0 Å². The summed E-state index contributed by atoms with van der Waals surface area (Å²) < 4.78 is 10.3. The fourth-order valence-corrected chi connectivity index (χ4v) is 2.19. The van der Waals surface area contributed by atoms with Gasteiger partial charge in [-0.05, 0) is 13.8 Å². The number of rotatable bonds is 4. The molecule has 0 aliphatic carbocycles. The van der Waals surface area contributed by atoms with Gasteiger partial charge in [-0.3, -0.25) is 9.89 Å². The molecular weight excluding hydrogens is 260 g/mol. The van der Waals surface area contributed by atoms with Crippen LogP contribution in [0.25, 0.3) is 0 Å². The molecule has 2 rings (SSSR count). The Bertz CT molecular complexity index is 545. The number of aliphatic imine (C=N–C) groups is 1. The second-order valence-corrected chi connectivity index (χ2v) is 4.83. The van der Waals surface area contributed by atoms with Crippen LogP contribution in [-0.2, 0) is 4.74 Å². The van der Waals surface area contributed by atoms with Gasteiger partial charge in [0.25, 0.3) is 0 Å². The van der Waals surface area contributed by atoms with Crippen LogP contribution in [0, 0.1) is 6.92 Å². The fraction of sp³-hybridized carbons (Fsp3) is 0.571. The maximum absolute atomic E-state index is 11.7. The standard InChI is InChI=1S/C14H20N2O4/c1-10-9-12(17)13(14(18)20-10)11(2)15-3-4-16-5-7-19-8-6-16/h9,17H,3-8H2,1-2H3. The number of hydrogen-bond acceptors (Lipinski definition) is 6. The zero-order valence-corrected chi connectivity index (χ0v) is 11.9. The van der Waals surface area contributed by atoms with E-state index in [0.29, 0.717) is 18.0 Å². The molecule has 6 nitrogen and oxygen atoms in total. The summed E-state index contributed by atoms with van der Waals surface area (Å²) in [5.74, 6) is 0.309. The fourth-order valence-electron chi connectivity index (χ4n) is 2.19. The van der Waals surface area contributed by atoms with Gasteiger partial charge in [0.15, 0.2) is 0 Å². The minimum atomic E-state index is -0.546. The Morgan fingerprint density at radius 2 is 2.15 bits per heavy atom. The summed E-state index contributed by atoms with van der Waals surface area (Å²) in [6.45, 7) is 8.06. The van der Waals surface area contributed by atoms with E-state index < -0.39 is 5.63 Å². The highest BCUT2D eigenvalue weighted by Crippen LogP contribution is 2.15. The van der Waals surface area contributed by atoms with Crippen molar-refractivity contribution in [2.24, 2.45) is 4.99 Å². The lowest BCUT2D eigenvalue weighted by atomic mass is 10.1. The van der Waals surface area contributed by atoms with Crippen molar-refractivity contribution in [3.8, 4) is 5.75 Å². The van der Waals surface area contributed by atoms with Crippen LogP contribution in [0.2, 0.25) is 0 Å². The molecule has 1 N–H and O–H groups in total. The Kier molecular flexibility index (Phi) is 4.92. The van der Waals surface area contributed by atoms with Crippen LogP contribution in [-0.4, -0.2) is 55.1 Å². The molecule has 20 heavy (non-hydrogen) atoms. The maximum Gasteiger partial charge on any atom is 0.348 e. The zero-order chi connectivity index (χ0) is 14.5. The number of ether oxygens (including phenoxy) is 1. The molecule has 2 heterocycles. The average Bonchev–Trinajstić information content (AvgIpc) is 2.38. The van der Waals surface area contributed by atoms with Crippen molar-refractivity contribution in [3.63, 3.8) is 0 Å². The molecule has 0 atom stereocenters. The van der Waals surface area contributed by atoms with Crippen molar-refractivity contribution in [2.45, 2.75) is 13.8 Å². The lowest BCUT2D eigenvalue weighted by molar-refractivity contribution is 0.0394. The zero-order valence-electron chi connectivity index (χ0n) is 11.9. The number of hydrogen-bond donors (Lipinski definition) is 1. The Labute approximate surface area is 117 Å². The Morgan fingerprint density at radius 1 is 1.45 bits per heavy atom. The monoisotopic (exact) mass is 280 g/mol. The van der Waals surface area contributed by atoms with Crippen LogP contribution >= 0.6 is 0 Å². The Hall–Kier alpha value is -1.66. The lowest BCUT2D eigenvalue weighted by Crippen LogP contribution is -2.37. The van der Waals surface area contributed by atoms with Crippen molar-refractivity contribution in [2.75, 3.05) is 39.4 Å². The van der Waals surface area contributed by atoms with E-state index in [2.05, 4.69) is 9.89 Å². The molecule has 6 heteroatoms. The van der Waals surface area contributed by atoms with Gasteiger partial charge in [0.2, 0.25) is 0 Å². The molecule has 0 spiro atoms. The van der Waals surface area contributed by atoms with E-state index in [-0.39, 0.29) is 11.3 Å². The van der Waals surface area contributed by atoms with Gasteiger partial charge >= 0.3 is 5.63 Å². The van der Waals surface area contributed by atoms with E-state index in [1.54, 1.807) is 13.8 Å². The first kappa shape index (κ1) is 14.7. The quantitative estimate of drug-likeness (QED) is 0.825. The SMILES string of the molecule is CC(=NCCN1CCOCC1)c1c(O)cc(C)oc1=O. The summed E-state index contributed by atoms with van der Waals surface area (Å²) in [6.07, 6.45) is 0. The number of nitrogens with zero attached hydrogens (tertiary/aromatic N) is 2. The molecule has 1 aliphatic heterocycles. The maximum atomic E-state index is 11.7. The van der Waals surface area contributed by atoms with Crippen molar-refractivity contribution >= 4 is 5.71 Å². The van der Waals surface area contributed by atoms with Crippen LogP contribution in [0.3, 0.4) is 0 Å². The highest BCUT2D eigenvalue weighted by molar-refractivity contribution is 6.00. The molecule has 1 fully saturated rings. The topological polar surface area (TPSA) is 75.3 Å². The molecule has 1 aliphatic rings. The summed E-state index contributed by atoms with van der Waals surface area (Å²) in [4.78, 5) is 18.3. The van der Waals surface area contributed by atoms with Crippen LogP contribution in [0.1, 0.15) is 18.2 Å². The third-order valence-corrected chi connectivity index (χ3v) is 3.28. The largest absolute Gasteiger partial charge is 0.507 e. The number of aromatic hydroxyl groups is 1. The van der Waals surface area contributed by atoms with Crippen molar-refractivity contribution in [1.29, 1.82) is 0 Å². The lowest BCUT2D eigenvalue weighted by Gasteiger charge is -2.25. The summed E-state index contributed by atoms with van der Waals surface area (Å²) in [6, 6.07) is 1.43. The molecular formula is C14H20N2O4. The van der Waals surface area contributed by atoms with Crippen LogP contribution < -0.4 is 5.63 Å². The molecule has 1 aromatic rings. The molecule has 0 unspecified atom stereocenters. The first-order valence-corrected chi connectivity index (χ1v) is 6.73. The first-order chi connectivity index (χ1) is 9.58. The van der Waals surface area contributed by atoms with Crippen LogP contribution in [0.5, 0.6) is 5.75 Å². The summed E-state index contributed by atoms with van der Waals surface area (Å²) in [5, 5.41) is 9.82. The minimum absolute atomic E-state index is 0.0774. The van der Waals surface area contributed by atoms with E-state index in [1.165, 1.54) is 6.07 Å². The summed E-state index contributed by atoms with van der Waals surface area (Å²) in [5.41, 5.74) is 0.109. The predicted molar refractivity (Wildman–Crippen MR) is 75.7 cm³/mol. The van der Waals surface area contributed by atoms with Gasteiger partial charge < -0.3 is 14.3 Å². The molecule has 0 bridgehead atoms. The van der Waals surface area contributed by atoms with E-state index in [9.17, 15) is 9.90 Å². The predicted octanol–water partition coefficient (Wildman–Crippen LogP) is 0.795. The summed E-state index contributed by atoms with van der Waals surface area (Å²) >= 11 is 0. The average molecular weight is 280 g/mol. The molecule has 1 saturated heterocycles. The second kappa shape index (κ2) is 6.67. The normalized spacial score (nSPS) is 17.4.